The van der Waals surface area contributed by atoms with Crippen LogP contribution in [0.3, 0.4) is 0 Å². The predicted molar refractivity (Wildman–Crippen MR) is 74.3 cm³/mol. The number of likely N-dealkylation sites (tertiary alicyclic amines) is 1. The average Bonchev–Trinajstić information content (AvgIpc) is 2.57. The molecule has 2 unspecified atom stereocenters. The Morgan fingerprint density at radius 1 is 1.50 bits per heavy atom. The zero-order valence-corrected chi connectivity index (χ0v) is 11.0. The molecule has 18 heavy (non-hydrogen) atoms. The van der Waals surface area contributed by atoms with Crippen molar-refractivity contribution in [3.63, 3.8) is 0 Å². The highest BCUT2D eigenvalue weighted by Crippen LogP contribution is 2.22. The third kappa shape index (κ3) is 3.23. The first-order valence-corrected chi connectivity index (χ1v) is 6.44. The van der Waals surface area contributed by atoms with Crippen LogP contribution in [-0.2, 0) is 4.79 Å². The van der Waals surface area contributed by atoms with E-state index < -0.39 is 0 Å². The molecule has 2 atom stereocenters. The van der Waals surface area contributed by atoms with E-state index in [1.54, 1.807) is 12.1 Å². The summed E-state index contributed by atoms with van der Waals surface area (Å²) in [4.78, 5) is 14.2. The minimum absolute atomic E-state index is 0.0292. The van der Waals surface area contributed by atoms with Gasteiger partial charge in [-0.3, -0.25) is 9.69 Å². The van der Waals surface area contributed by atoms with Gasteiger partial charge < -0.3 is 11.1 Å². The minimum Gasteiger partial charge on any atom is -0.399 e. The molecule has 1 aliphatic heterocycles. The molecule has 0 radical (unpaired) electrons. The van der Waals surface area contributed by atoms with Crippen molar-refractivity contribution in [2.75, 3.05) is 24.1 Å². The smallest absolute Gasteiger partial charge is 0.238 e. The molecule has 1 amide bonds. The summed E-state index contributed by atoms with van der Waals surface area (Å²) >= 11 is 0. The van der Waals surface area contributed by atoms with Gasteiger partial charge >= 0.3 is 0 Å². The van der Waals surface area contributed by atoms with Gasteiger partial charge in [0.1, 0.15) is 0 Å². The molecule has 1 fully saturated rings. The van der Waals surface area contributed by atoms with Crippen molar-refractivity contribution in [2.24, 2.45) is 5.92 Å². The number of rotatable bonds is 3. The fourth-order valence-electron chi connectivity index (χ4n) is 2.61. The summed E-state index contributed by atoms with van der Waals surface area (Å²) in [6, 6.07) is 7.76. The number of nitrogens with one attached hydrogen (secondary N) is 1. The van der Waals surface area contributed by atoms with Crippen molar-refractivity contribution in [3.8, 4) is 0 Å². The number of carbonyl (C=O) groups excluding carboxylic acids is 1. The maximum absolute atomic E-state index is 11.9. The van der Waals surface area contributed by atoms with Crippen molar-refractivity contribution in [1.29, 1.82) is 0 Å². The van der Waals surface area contributed by atoms with Crippen molar-refractivity contribution >= 4 is 17.3 Å². The molecule has 1 heterocycles. The van der Waals surface area contributed by atoms with Crippen LogP contribution < -0.4 is 11.1 Å². The van der Waals surface area contributed by atoms with E-state index in [-0.39, 0.29) is 5.91 Å². The highest BCUT2D eigenvalue weighted by atomic mass is 16.2. The number of anilines is 2. The first-order chi connectivity index (χ1) is 8.54. The van der Waals surface area contributed by atoms with Crippen molar-refractivity contribution in [1.82, 2.24) is 4.90 Å². The summed E-state index contributed by atoms with van der Waals surface area (Å²) < 4.78 is 0. The Hall–Kier alpha value is -1.55. The van der Waals surface area contributed by atoms with Crippen LogP contribution in [-0.4, -0.2) is 29.9 Å². The first kappa shape index (κ1) is 12.9. The lowest BCUT2D eigenvalue weighted by Crippen LogP contribution is -2.35. The molecule has 2 rings (SSSR count). The molecule has 3 N–H and O–H groups in total. The molecule has 1 saturated heterocycles. The number of hydrogen-bond acceptors (Lipinski definition) is 3. The number of hydrogen-bond donors (Lipinski definition) is 2. The van der Waals surface area contributed by atoms with E-state index in [9.17, 15) is 4.79 Å². The lowest BCUT2D eigenvalue weighted by molar-refractivity contribution is -0.117. The fourth-order valence-corrected chi connectivity index (χ4v) is 2.61. The maximum Gasteiger partial charge on any atom is 0.238 e. The summed E-state index contributed by atoms with van der Waals surface area (Å²) in [6.45, 7) is 5.87. The first-order valence-electron chi connectivity index (χ1n) is 6.44. The van der Waals surface area contributed by atoms with E-state index in [0.717, 1.165) is 12.2 Å². The van der Waals surface area contributed by atoms with Gasteiger partial charge in [-0.25, -0.2) is 0 Å². The molecule has 0 saturated carbocycles. The van der Waals surface area contributed by atoms with Crippen LogP contribution in [0.15, 0.2) is 24.3 Å². The van der Waals surface area contributed by atoms with Crippen LogP contribution in [0.4, 0.5) is 11.4 Å². The van der Waals surface area contributed by atoms with Crippen LogP contribution in [0.1, 0.15) is 20.3 Å². The van der Waals surface area contributed by atoms with Gasteiger partial charge in [-0.2, -0.15) is 0 Å². The van der Waals surface area contributed by atoms with E-state index in [0.29, 0.717) is 24.2 Å². The van der Waals surface area contributed by atoms with Gasteiger partial charge in [0.15, 0.2) is 0 Å². The predicted octanol–water partition coefficient (Wildman–Crippen LogP) is 1.94. The van der Waals surface area contributed by atoms with Crippen LogP contribution in [0.25, 0.3) is 0 Å². The maximum atomic E-state index is 11.9. The highest BCUT2D eigenvalue weighted by Gasteiger charge is 2.27. The van der Waals surface area contributed by atoms with E-state index in [4.69, 9.17) is 5.73 Å². The second-order valence-corrected chi connectivity index (χ2v) is 5.29. The van der Waals surface area contributed by atoms with Gasteiger partial charge in [0.2, 0.25) is 5.91 Å². The number of benzene rings is 1. The number of carbonyl (C=O) groups is 1. The van der Waals surface area contributed by atoms with Crippen LogP contribution >= 0.6 is 0 Å². The summed E-state index contributed by atoms with van der Waals surface area (Å²) in [6.07, 6.45) is 1.17. The van der Waals surface area contributed by atoms with Crippen LogP contribution in [0, 0.1) is 5.92 Å². The molecule has 4 nitrogen and oxygen atoms in total. The Kier molecular flexibility index (Phi) is 3.87. The third-order valence-electron chi connectivity index (χ3n) is 3.43. The number of nitrogens with zero attached hydrogens (tertiary/aromatic N) is 1. The van der Waals surface area contributed by atoms with E-state index in [2.05, 4.69) is 24.1 Å². The lowest BCUT2D eigenvalue weighted by Gasteiger charge is -2.20. The molecule has 0 bridgehead atoms. The zero-order chi connectivity index (χ0) is 13.1. The van der Waals surface area contributed by atoms with Crippen molar-refractivity contribution < 1.29 is 4.79 Å². The molecule has 0 aromatic heterocycles. The highest BCUT2D eigenvalue weighted by molar-refractivity contribution is 5.92. The van der Waals surface area contributed by atoms with Gasteiger partial charge in [-0.05, 0) is 37.5 Å². The molecular formula is C14H21N3O. The second kappa shape index (κ2) is 5.40. The Labute approximate surface area is 108 Å². The quantitative estimate of drug-likeness (QED) is 0.802. The standard InChI is InChI=1S/C14H21N3O/c1-10-6-11(2)17(8-10)9-14(18)16-13-5-3-4-12(15)7-13/h3-5,7,10-11H,6,8-9,15H2,1-2H3,(H,16,18). The van der Waals surface area contributed by atoms with Gasteiger partial charge in [-0.1, -0.05) is 13.0 Å². The number of nitrogen functional groups attached to an aromatic ring is 1. The largest absolute Gasteiger partial charge is 0.399 e. The third-order valence-corrected chi connectivity index (χ3v) is 3.43. The van der Waals surface area contributed by atoms with E-state index in [1.807, 2.05) is 12.1 Å². The van der Waals surface area contributed by atoms with Gasteiger partial charge in [-0.15, -0.1) is 0 Å². The van der Waals surface area contributed by atoms with Crippen LogP contribution in [0.2, 0.25) is 0 Å². The Morgan fingerprint density at radius 3 is 2.89 bits per heavy atom. The van der Waals surface area contributed by atoms with Gasteiger partial charge in [0.25, 0.3) is 0 Å². The second-order valence-electron chi connectivity index (χ2n) is 5.29. The zero-order valence-electron chi connectivity index (χ0n) is 11.0. The molecule has 98 valence electrons. The number of amides is 1. The minimum atomic E-state index is 0.0292. The number of nitrogens with two attached hydrogens (primary N) is 1. The Bertz CT molecular complexity index is 433. The fraction of sp³-hybridized carbons (Fsp3) is 0.500. The van der Waals surface area contributed by atoms with Crippen LogP contribution in [0.5, 0.6) is 0 Å². The molecule has 1 aliphatic rings. The topological polar surface area (TPSA) is 58.4 Å². The SMILES string of the molecule is CC1CC(C)N(CC(=O)Nc2cccc(N)c2)C1. The molecule has 1 aromatic carbocycles. The van der Waals surface area contributed by atoms with Crippen molar-refractivity contribution in [2.45, 2.75) is 26.3 Å². The van der Waals surface area contributed by atoms with E-state index >= 15 is 0 Å². The monoisotopic (exact) mass is 247 g/mol. The van der Waals surface area contributed by atoms with E-state index in [1.165, 1.54) is 6.42 Å². The summed E-state index contributed by atoms with van der Waals surface area (Å²) in [5, 5.41) is 2.88. The summed E-state index contributed by atoms with van der Waals surface area (Å²) in [7, 11) is 0. The molecule has 4 heteroatoms. The Morgan fingerprint density at radius 2 is 2.28 bits per heavy atom. The molecule has 0 aliphatic carbocycles. The molecular weight excluding hydrogens is 226 g/mol. The Balaban J connectivity index is 1.89. The normalized spacial score (nSPS) is 24.1. The van der Waals surface area contributed by atoms with Gasteiger partial charge in [0.05, 0.1) is 6.54 Å². The van der Waals surface area contributed by atoms with Gasteiger partial charge in [0, 0.05) is 24.0 Å². The average molecular weight is 247 g/mol. The lowest BCUT2D eigenvalue weighted by atomic mass is 10.1. The summed E-state index contributed by atoms with van der Waals surface area (Å²) in [5.41, 5.74) is 7.10. The molecule has 1 aromatic rings. The molecule has 0 spiro atoms. The van der Waals surface area contributed by atoms with Crippen molar-refractivity contribution in [3.05, 3.63) is 24.3 Å². The summed E-state index contributed by atoms with van der Waals surface area (Å²) in [5.74, 6) is 0.710.